The van der Waals surface area contributed by atoms with Crippen LogP contribution < -0.4 is 10.6 Å². The van der Waals surface area contributed by atoms with Crippen LogP contribution in [0.2, 0.25) is 0 Å². The summed E-state index contributed by atoms with van der Waals surface area (Å²) in [4.78, 5) is 6.75. The van der Waals surface area contributed by atoms with Gasteiger partial charge < -0.3 is 10.6 Å². The molecular formula is C11H17N3. The fourth-order valence-corrected chi connectivity index (χ4v) is 2.01. The Kier molecular flexibility index (Phi) is 2.68. The Bertz CT molecular complexity index is 294. The van der Waals surface area contributed by atoms with E-state index in [0.29, 0.717) is 6.04 Å². The molecule has 0 saturated carbocycles. The van der Waals surface area contributed by atoms with Crippen molar-refractivity contribution in [3.63, 3.8) is 0 Å². The maximum atomic E-state index is 5.72. The second kappa shape index (κ2) is 3.96. The van der Waals surface area contributed by atoms with Crippen LogP contribution in [-0.2, 0) is 0 Å². The van der Waals surface area contributed by atoms with Crippen molar-refractivity contribution in [1.82, 2.24) is 4.98 Å². The Labute approximate surface area is 84.9 Å². The van der Waals surface area contributed by atoms with Crippen molar-refractivity contribution in [1.29, 1.82) is 0 Å². The van der Waals surface area contributed by atoms with E-state index in [9.17, 15) is 0 Å². The van der Waals surface area contributed by atoms with Crippen LogP contribution in [0.5, 0.6) is 0 Å². The van der Waals surface area contributed by atoms with E-state index in [4.69, 9.17) is 5.73 Å². The van der Waals surface area contributed by atoms with Gasteiger partial charge >= 0.3 is 0 Å². The minimum Gasteiger partial charge on any atom is -0.352 e. The summed E-state index contributed by atoms with van der Waals surface area (Å²) in [5, 5.41) is 0. The molecule has 2 heterocycles. The minimum atomic E-state index is 0.491. The van der Waals surface area contributed by atoms with Gasteiger partial charge in [-0.25, -0.2) is 4.98 Å². The molecule has 3 heteroatoms. The molecule has 0 aromatic carbocycles. The Hall–Kier alpha value is -1.09. The lowest BCUT2D eigenvalue weighted by atomic mass is 10.2. The van der Waals surface area contributed by atoms with Crippen LogP contribution in [0.25, 0.3) is 0 Å². The van der Waals surface area contributed by atoms with Crippen LogP contribution >= 0.6 is 0 Å². The highest BCUT2D eigenvalue weighted by atomic mass is 15.2. The molecule has 1 saturated heterocycles. The molecule has 1 fully saturated rings. The van der Waals surface area contributed by atoms with Gasteiger partial charge in [0.1, 0.15) is 5.82 Å². The summed E-state index contributed by atoms with van der Waals surface area (Å²) in [6, 6.07) is 4.68. The molecular weight excluding hydrogens is 174 g/mol. The molecule has 0 aliphatic carbocycles. The van der Waals surface area contributed by atoms with Crippen molar-refractivity contribution in [3.05, 3.63) is 23.9 Å². The average molecular weight is 191 g/mol. The molecule has 14 heavy (non-hydrogen) atoms. The van der Waals surface area contributed by atoms with Gasteiger partial charge in [-0.1, -0.05) is 6.07 Å². The Morgan fingerprint density at radius 1 is 1.57 bits per heavy atom. The lowest BCUT2D eigenvalue weighted by molar-refractivity contribution is 0.671. The maximum Gasteiger partial charge on any atom is 0.128 e. The van der Waals surface area contributed by atoms with E-state index in [1.165, 1.54) is 18.4 Å². The highest BCUT2D eigenvalue weighted by molar-refractivity contribution is 5.41. The highest BCUT2D eigenvalue weighted by Gasteiger charge is 2.23. The molecule has 0 bridgehead atoms. The van der Waals surface area contributed by atoms with E-state index >= 15 is 0 Å². The van der Waals surface area contributed by atoms with Gasteiger partial charge in [-0.3, -0.25) is 0 Å². The monoisotopic (exact) mass is 191 g/mol. The normalized spacial score (nSPS) is 21.6. The van der Waals surface area contributed by atoms with Gasteiger partial charge in [-0.05, 0) is 31.4 Å². The number of hydrogen-bond donors (Lipinski definition) is 1. The van der Waals surface area contributed by atoms with E-state index in [-0.39, 0.29) is 0 Å². The van der Waals surface area contributed by atoms with Crippen LogP contribution in [0.3, 0.4) is 0 Å². The van der Waals surface area contributed by atoms with Crippen LogP contribution in [0.15, 0.2) is 18.3 Å². The van der Waals surface area contributed by atoms with E-state index < -0.39 is 0 Å². The fraction of sp³-hybridized carbons (Fsp3) is 0.545. The molecule has 1 aromatic rings. The summed E-state index contributed by atoms with van der Waals surface area (Å²) < 4.78 is 0. The fourth-order valence-electron chi connectivity index (χ4n) is 2.01. The molecule has 2 rings (SSSR count). The van der Waals surface area contributed by atoms with E-state index in [1.54, 1.807) is 0 Å². The van der Waals surface area contributed by atoms with Crippen LogP contribution in [0.1, 0.15) is 18.4 Å². The van der Waals surface area contributed by atoms with Gasteiger partial charge in [-0.15, -0.1) is 0 Å². The molecule has 0 radical (unpaired) electrons. The topological polar surface area (TPSA) is 42.1 Å². The van der Waals surface area contributed by atoms with Crippen molar-refractivity contribution in [2.45, 2.75) is 25.8 Å². The van der Waals surface area contributed by atoms with E-state index in [2.05, 4.69) is 28.9 Å². The lowest BCUT2D eigenvalue weighted by Gasteiger charge is -2.24. The molecule has 1 aliphatic heterocycles. The minimum absolute atomic E-state index is 0.491. The molecule has 3 nitrogen and oxygen atoms in total. The van der Waals surface area contributed by atoms with Crippen molar-refractivity contribution in [3.8, 4) is 0 Å². The first-order chi connectivity index (χ1) is 6.81. The van der Waals surface area contributed by atoms with Gasteiger partial charge in [0.15, 0.2) is 0 Å². The van der Waals surface area contributed by atoms with Crippen molar-refractivity contribution >= 4 is 5.82 Å². The average Bonchev–Trinajstić information content (AvgIpc) is 2.67. The third-order valence-electron chi connectivity index (χ3n) is 2.84. The Morgan fingerprint density at radius 3 is 3.07 bits per heavy atom. The van der Waals surface area contributed by atoms with Crippen LogP contribution in [0, 0.1) is 6.92 Å². The third kappa shape index (κ3) is 1.73. The molecule has 2 N–H and O–H groups in total. The number of aromatic nitrogens is 1. The molecule has 1 aliphatic rings. The van der Waals surface area contributed by atoms with Gasteiger partial charge in [0.2, 0.25) is 0 Å². The predicted molar refractivity (Wildman–Crippen MR) is 58.4 cm³/mol. The van der Waals surface area contributed by atoms with Crippen molar-refractivity contribution in [2.24, 2.45) is 5.73 Å². The standard InChI is InChI=1S/C11H17N3/c1-9-4-5-11(13-8-9)14-6-2-3-10(14)7-12/h4-5,8,10H,2-3,6-7,12H2,1H3. The predicted octanol–water partition coefficient (Wildman–Crippen LogP) is 1.32. The summed E-state index contributed by atoms with van der Waals surface area (Å²) in [6.45, 7) is 3.88. The number of pyridine rings is 1. The first kappa shape index (κ1) is 9.46. The van der Waals surface area contributed by atoms with Crippen molar-refractivity contribution in [2.75, 3.05) is 18.0 Å². The van der Waals surface area contributed by atoms with Gasteiger partial charge in [0.25, 0.3) is 0 Å². The smallest absolute Gasteiger partial charge is 0.128 e. The molecule has 0 amide bonds. The number of aryl methyl sites for hydroxylation is 1. The largest absolute Gasteiger partial charge is 0.352 e. The van der Waals surface area contributed by atoms with Crippen LogP contribution in [-0.4, -0.2) is 24.1 Å². The number of nitrogens with two attached hydrogens (primary N) is 1. The summed E-state index contributed by atoms with van der Waals surface area (Å²) in [7, 11) is 0. The number of hydrogen-bond acceptors (Lipinski definition) is 3. The van der Waals surface area contributed by atoms with Crippen LogP contribution in [0.4, 0.5) is 5.82 Å². The number of nitrogens with zero attached hydrogens (tertiary/aromatic N) is 2. The molecule has 0 spiro atoms. The number of anilines is 1. The second-order valence-electron chi connectivity index (χ2n) is 3.92. The molecule has 1 atom stereocenters. The Balaban J connectivity index is 2.17. The third-order valence-corrected chi connectivity index (χ3v) is 2.84. The molecule has 1 aromatic heterocycles. The van der Waals surface area contributed by atoms with Gasteiger partial charge in [0, 0.05) is 25.3 Å². The quantitative estimate of drug-likeness (QED) is 0.766. The zero-order valence-corrected chi connectivity index (χ0v) is 8.61. The summed E-state index contributed by atoms with van der Waals surface area (Å²) in [6.07, 6.45) is 4.35. The first-order valence-electron chi connectivity index (χ1n) is 5.20. The molecule has 76 valence electrons. The van der Waals surface area contributed by atoms with E-state index in [0.717, 1.165) is 18.9 Å². The summed E-state index contributed by atoms with van der Waals surface area (Å²) in [5.41, 5.74) is 6.93. The zero-order valence-electron chi connectivity index (χ0n) is 8.61. The van der Waals surface area contributed by atoms with Crippen molar-refractivity contribution < 1.29 is 0 Å². The highest BCUT2D eigenvalue weighted by Crippen LogP contribution is 2.22. The van der Waals surface area contributed by atoms with Gasteiger partial charge in [-0.2, -0.15) is 0 Å². The van der Waals surface area contributed by atoms with Gasteiger partial charge in [0.05, 0.1) is 0 Å². The first-order valence-corrected chi connectivity index (χ1v) is 5.20. The molecule has 1 unspecified atom stereocenters. The maximum absolute atomic E-state index is 5.72. The lowest BCUT2D eigenvalue weighted by Crippen LogP contribution is -2.35. The van der Waals surface area contributed by atoms with E-state index in [1.807, 2.05) is 6.20 Å². The number of rotatable bonds is 2. The second-order valence-corrected chi connectivity index (χ2v) is 3.92. The Morgan fingerprint density at radius 2 is 2.43 bits per heavy atom. The summed E-state index contributed by atoms with van der Waals surface area (Å²) >= 11 is 0. The zero-order chi connectivity index (χ0) is 9.97. The SMILES string of the molecule is Cc1ccc(N2CCCC2CN)nc1. The summed E-state index contributed by atoms with van der Waals surface area (Å²) in [5.74, 6) is 1.07.